The van der Waals surface area contributed by atoms with E-state index in [0.717, 1.165) is 29.1 Å². The predicted octanol–water partition coefficient (Wildman–Crippen LogP) is 3.03. The Hall–Kier alpha value is -0.780. The van der Waals surface area contributed by atoms with Gasteiger partial charge >= 0.3 is 0 Å². The second kappa shape index (κ2) is 7.47. The highest BCUT2D eigenvalue weighted by molar-refractivity contribution is 9.10. The van der Waals surface area contributed by atoms with Gasteiger partial charge in [0, 0.05) is 17.1 Å². The Morgan fingerprint density at radius 3 is 2.52 bits per heavy atom. The summed E-state index contributed by atoms with van der Waals surface area (Å²) in [7, 11) is 5.50. The zero-order chi connectivity index (χ0) is 15.4. The summed E-state index contributed by atoms with van der Waals surface area (Å²) < 4.78 is 11.8. The molecule has 2 unspecified atom stereocenters. The van der Waals surface area contributed by atoms with Gasteiger partial charge < -0.3 is 15.2 Å². The van der Waals surface area contributed by atoms with E-state index in [0.29, 0.717) is 12.0 Å². The predicted molar refractivity (Wildman–Crippen MR) is 88.9 cm³/mol. The third-order valence-corrected chi connectivity index (χ3v) is 5.20. The van der Waals surface area contributed by atoms with Gasteiger partial charge in [-0.25, -0.2) is 0 Å². The number of benzene rings is 1. The van der Waals surface area contributed by atoms with E-state index in [9.17, 15) is 0 Å². The summed E-state index contributed by atoms with van der Waals surface area (Å²) in [5.74, 6) is 2.14. The molecule has 2 N–H and O–H groups in total. The molecule has 0 amide bonds. The first-order chi connectivity index (χ1) is 10.1. The minimum absolute atomic E-state index is 0.579. The number of nitrogens with two attached hydrogens (primary N) is 1. The van der Waals surface area contributed by atoms with Crippen LogP contribution in [0.4, 0.5) is 0 Å². The van der Waals surface area contributed by atoms with Crippen molar-refractivity contribution >= 4 is 15.9 Å². The molecule has 0 aliphatic heterocycles. The lowest BCUT2D eigenvalue weighted by Gasteiger charge is -2.29. The Morgan fingerprint density at radius 2 is 1.90 bits per heavy atom. The molecular weight excluding hydrogens is 332 g/mol. The maximum absolute atomic E-state index is 5.90. The standard InChI is InChI=1S/C16H25BrN2O2/c1-19(14-6-4-5-11(14)9-18)10-12-7-15(20-2)16(21-3)8-13(12)17/h7-8,11,14H,4-6,9-10,18H2,1-3H3. The van der Waals surface area contributed by atoms with Crippen LogP contribution in [0.15, 0.2) is 16.6 Å². The monoisotopic (exact) mass is 356 g/mol. The maximum Gasteiger partial charge on any atom is 0.161 e. The molecule has 1 aliphatic rings. The Labute approximate surface area is 135 Å². The molecule has 0 heterocycles. The first-order valence-electron chi connectivity index (χ1n) is 7.41. The van der Waals surface area contributed by atoms with E-state index in [1.54, 1.807) is 14.2 Å². The molecule has 1 aromatic rings. The fraction of sp³-hybridized carbons (Fsp3) is 0.625. The van der Waals surface area contributed by atoms with Gasteiger partial charge in [0.1, 0.15) is 0 Å². The molecule has 0 spiro atoms. The molecule has 2 atom stereocenters. The molecule has 1 aliphatic carbocycles. The zero-order valence-electron chi connectivity index (χ0n) is 13.1. The van der Waals surface area contributed by atoms with Gasteiger partial charge in [0.05, 0.1) is 14.2 Å². The molecule has 4 nitrogen and oxygen atoms in total. The van der Waals surface area contributed by atoms with Gasteiger partial charge in [0.25, 0.3) is 0 Å². The minimum atomic E-state index is 0.579. The highest BCUT2D eigenvalue weighted by atomic mass is 79.9. The van der Waals surface area contributed by atoms with Gasteiger partial charge in [-0.3, -0.25) is 4.90 Å². The topological polar surface area (TPSA) is 47.7 Å². The SMILES string of the molecule is COc1cc(Br)c(CN(C)C2CCCC2CN)cc1OC. The van der Waals surface area contributed by atoms with Crippen molar-refractivity contribution in [3.63, 3.8) is 0 Å². The number of halogens is 1. The largest absolute Gasteiger partial charge is 0.493 e. The average Bonchev–Trinajstić information content (AvgIpc) is 2.97. The molecule has 118 valence electrons. The van der Waals surface area contributed by atoms with Crippen LogP contribution >= 0.6 is 15.9 Å². The molecule has 1 saturated carbocycles. The summed E-state index contributed by atoms with van der Waals surface area (Å²) in [6, 6.07) is 4.60. The minimum Gasteiger partial charge on any atom is -0.493 e. The summed E-state index contributed by atoms with van der Waals surface area (Å²) in [5, 5.41) is 0. The second-order valence-corrected chi connectivity index (χ2v) is 6.56. The lowest BCUT2D eigenvalue weighted by molar-refractivity contribution is 0.192. The van der Waals surface area contributed by atoms with Crippen molar-refractivity contribution in [3.05, 3.63) is 22.2 Å². The fourth-order valence-corrected chi connectivity index (χ4v) is 3.72. The average molecular weight is 357 g/mol. The van der Waals surface area contributed by atoms with E-state index in [1.807, 2.05) is 12.1 Å². The van der Waals surface area contributed by atoms with Gasteiger partial charge in [-0.15, -0.1) is 0 Å². The van der Waals surface area contributed by atoms with Crippen LogP contribution in [0.2, 0.25) is 0 Å². The van der Waals surface area contributed by atoms with Gasteiger partial charge in [-0.2, -0.15) is 0 Å². The van der Waals surface area contributed by atoms with Crippen molar-refractivity contribution in [2.75, 3.05) is 27.8 Å². The highest BCUT2D eigenvalue weighted by Crippen LogP contribution is 2.35. The third kappa shape index (κ3) is 3.71. The summed E-state index contributed by atoms with van der Waals surface area (Å²) in [4.78, 5) is 2.41. The van der Waals surface area contributed by atoms with Gasteiger partial charge in [-0.05, 0) is 50.0 Å². The number of hydrogen-bond donors (Lipinski definition) is 1. The third-order valence-electron chi connectivity index (χ3n) is 4.46. The lowest BCUT2D eigenvalue weighted by Crippen LogP contribution is -2.37. The first-order valence-corrected chi connectivity index (χ1v) is 8.20. The Kier molecular flexibility index (Phi) is 5.90. The Morgan fingerprint density at radius 1 is 1.24 bits per heavy atom. The molecule has 0 saturated heterocycles. The second-order valence-electron chi connectivity index (χ2n) is 5.71. The van der Waals surface area contributed by atoms with Crippen LogP contribution in [0, 0.1) is 5.92 Å². The molecule has 5 heteroatoms. The quantitative estimate of drug-likeness (QED) is 0.850. The van der Waals surface area contributed by atoms with Crippen LogP contribution in [0.5, 0.6) is 11.5 Å². The van der Waals surface area contributed by atoms with Crippen LogP contribution in [0.25, 0.3) is 0 Å². The zero-order valence-corrected chi connectivity index (χ0v) is 14.6. The molecule has 0 bridgehead atoms. The number of rotatable bonds is 6. The first kappa shape index (κ1) is 16.6. The number of nitrogens with zero attached hydrogens (tertiary/aromatic N) is 1. The molecule has 21 heavy (non-hydrogen) atoms. The lowest BCUT2D eigenvalue weighted by atomic mass is 10.0. The van der Waals surface area contributed by atoms with E-state index < -0.39 is 0 Å². The summed E-state index contributed by atoms with van der Waals surface area (Å²) in [6.07, 6.45) is 3.77. The van der Waals surface area contributed by atoms with E-state index in [2.05, 4.69) is 27.9 Å². The van der Waals surface area contributed by atoms with Gasteiger partial charge in [0.15, 0.2) is 11.5 Å². The van der Waals surface area contributed by atoms with Crippen molar-refractivity contribution in [3.8, 4) is 11.5 Å². The normalized spacial score (nSPS) is 21.8. The van der Waals surface area contributed by atoms with E-state index in [1.165, 1.54) is 24.8 Å². The van der Waals surface area contributed by atoms with Crippen molar-refractivity contribution in [2.24, 2.45) is 11.7 Å². The molecular formula is C16H25BrN2O2. The van der Waals surface area contributed by atoms with Gasteiger partial charge in [0.2, 0.25) is 0 Å². The Balaban J connectivity index is 2.15. The van der Waals surface area contributed by atoms with E-state index in [-0.39, 0.29) is 0 Å². The molecule has 2 rings (SSSR count). The van der Waals surface area contributed by atoms with Crippen molar-refractivity contribution in [1.29, 1.82) is 0 Å². The van der Waals surface area contributed by atoms with Crippen molar-refractivity contribution in [2.45, 2.75) is 31.8 Å². The van der Waals surface area contributed by atoms with Crippen LogP contribution in [0.3, 0.4) is 0 Å². The van der Waals surface area contributed by atoms with Crippen LogP contribution < -0.4 is 15.2 Å². The molecule has 1 aromatic carbocycles. The van der Waals surface area contributed by atoms with Crippen LogP contribution in [-0.2, 0) is 6.54 Å². The smallest absolute Gasteiger partial charge is 0.161 e. The van der Waals surface area contributed by atoms with Crippen molar-refractivity contribution in [1.82, 2.24) is 4.90 Å². The molecule has 0 radical (unpaired) electrons. The summed E-state index contributed by atoms with van der Waals surface area (Å²) in [5.41, 5.74) is 7.10. The highest BCUT2D eigenvalue weighted by Gasteiger charge is 2.29. The fourth-order valence-electron chi connectivity index (χ4n) is 3.28. The van der Waals surface area contributed by atoms with Crippen LogP contribution in [0.1, 0.15) is 24.8 Å². The van der Waals surface area contributed by atoms with Crippen LogP contribution in [-0.4, -0.2) is 38.8 Å². The number of ether oxygens (including phenoxy) is 2. The number of hydrogen-bond acceptors (Lipinski definition) is 4. The summed E-state index contributed by atoms with van der Waals surface area (Å²) in [6.45, 7) is 1.66. The van der Waals surface area contributed by atoms with E-state index >= 15 is 0 Å². The maximum atomic E-state index is 5.90. The molecule has 0 aromatic heterocycles. The van der Waals surface area contributed by atoms with E-state index in [4.69, 9.17) is 15.2 Å². The summed E-state index contributed by atoms with van der Waals surface area (Å²) >= 11 is 3.63. The van der Waals surface area contributed by atoms with Gasteiger partial charge in [-0.1, -0.05) is 22.4 Å². The van der Waals surface area contributed by atoms with Crippen molar-refractivity contribution < 1.29 is 9.47 Å². The Bertz CT molecular complexity index is 482. The number of methoxy groups -OCH3 is 2. The molecule has 1 fully saturated rings.